The van der Waals surface area contributed by atoms with Crippen molar-refractivity contribution in [1.29, 1.82) is 0 Å². The van der Waals surface area contributed by atoms with E-state index < -0.39 is 7.82 Å². The second kappa shape index (κ2) is 25.4. The van der Waals surface area contributed by atoms with Crippen molar-refractivity contribution < 1.29 is 60.1 Å². The van der Waals surface area contributed by atoms with E-state index in [1.165, 1.54) is 51.4 Å². The van der Waals surface area contributed by atoms with Crippen LogP contribution in [0.2, 0.25) is 0 Å². The van der Waals surface area contributed by atoms with Crippen molar-refractivity contribution in [2.75, 3.05) is 0 Å². The maximum absolute atomic E-state index is 8.55. The summed E-state index contributed by atoms with van der Waals surface area (Å²) in [6, 6.07) is 0. The van der Waals surface area contributed by atoms with Gasteiger partial charge in [-0.15, -0.1) is 0 Å². The monoisotopic (exact) mass is 435 g/mol. The smallest absolute Gasteiger partial charge is 0.822 e. The molecule has 0 aliphatic heterocycles. The number of rotatable bonds is 8. The van der Waals surface area contributed by atoms with Crippen molar-refractivity contribution in [1.82, 2.24) is 0 Å². The van der Waals surface area contributed by atoms with Crippen LogP contribution in [-0.2, 0) is 4.57 Å². The van der Waals surface area contributed by atoms with Gasteiger partial charge in [-0.25, -0.2) is 0 Å². The predicted octanol–water partition coefficient (Wildman–Crippen LogP) is 2.76. The second-order valence-electron chi connectivity index (χ2n) is 4.28. The molecule has 0 unspecified atom stereocenters. The first kappa shape index (κ1) is 29.5. The van der Waals surface area contributed by atoms with Gasteiger partial charge in [-0.05, 0) is 0 Å². The van der Waals surface area contributed by atoms with Gasteiger partial charge in [0, 0.05) is 0 Å². The molecule has 0 rings (SSSR count). The molecule has 0 saturated carbocycles. The van der Waals surface area contributed by atoms with Gasteiger partial charge in [0.25, 0.3) is 0 Å². The Kier molecular flexibility index (Phi) is 37.4. The summed E-state index contributed by atoms with van der Waals surface area (Å²) in [7, 11) is -5.39. The Morgan fingerprint density at radius 3 is 1.15 bits per heavy atom. The second-order valence-corrected chi connectivity index (χ2v) is 5.17. The molecule has 0 aliphatic carbocycles. The van der Waals surface area contributed by atoms with Crippen LogP contribution in [0.25, 0.3) is 0 Å². The molecule has 4 nitrogen and oxygen atoms in total. The topological polar surface area (TPSA) is 86.2 Å². The Bertz CT molecular complexity index is 160. The average molecular weight is 438 g/mol. The summed E-state index contributed by atoms with van der Waals surface area (Å²) in [6.45, 7) is 12.0. The van der Waals surface area contributed by atoms with E-state index >= 15 is 0 Å². The summed E-state index contributed by atoms with van der Waals surface area (Å²) in [4.78, 5) is 25.6. The quantitative estimate of drug-likeness (QED) is 0.332. The fourth-order valence-corrected chi connectivity index (χ4v) is 1.21. The SMILES string of the molecule is O=P([O-])([O-])[O-].[CH2-]CCCCCC.[CH2-]CCCCCC.[Nd+3]. The molecule has 0 saturated heterocycles. The van der Waals surface area contributed by atoms with Crippen LogP contribution >= 0.6 is 7.82 Å². The van der Waals surface area contributed by atoms with Gasteiger partial charge in [0.1, 0.15) is 0 Å². The molecule has 0 aliphatic rings. The fourth-order valence-electron chi connectivity index (χ4n) is 1.21. The molecule has 0 aromatic heterocycles. The first-order valence-corrected chi connectivity index (χ1v) is 8.61. The zero-order valence-electron chi connectivity index (χ0n) is 13.1. The zero-order chi connectivity index (χ0) is 15.6. The molecule has 0 aromatic carbocycles. The Hall–Kier alpha value is 1.46. The third kappa shape index (κ3) is 74.1. The number of hydrogen-bond acceptors (Lipinski definition) is 4. The molecule has 0 amide bonds. The van der Waals surface area contributed by atoms with Crippen LogP contribution in [-0.4, -0.2) is 0 Å². The molecular formula is C14H30NdO4P-2. The maximum atomic E-state index is 8.55. The molecule has 0 bridgehead atoms. The number of hydrogen-bond donors (Lipinski definition) is 0. The average Bonchev–Trinajstić information content (AvgIpc) is 2.29. The summed E-state index contributed by atoms with van der Waals surface area (Å²) < 4.78 is 8.55. The van der Waals surface area contributed by atoms with Gasteiger partial charge in [-0.2, -0.15) is 20.7 Å². The standard InChI is InChI=1S/2C7H15.Nd.H3O4P/c2*1-3-5-7-6-4-2;;1-5(2,3)4/h2*1,3-7H2,2H3;;(H3,1,2,3,4)/q2*-1;+3;/p-3. The number of unbranched alkanes of at least 4 members (excludes halogenated alkanes) is 8. The van der Waals surface area contributed by atoms with Crippen LogP contribution in [0, 0.1) is 54.7 Å². The largest absolute Gasteiger partial charge is 3.00 e. The van der Waals surface area contributed by atoms with E-state index in [0.29, 0.717) is 0 Å². The van der Waals surface area contributed by atoms with E-state index in [0.717, 1.165) is 12.8 Å². The minimum absolute atomic E-state index is 0. The summed E-state index contributed by atoms with van der Waals surface area (Å²) in [5.41, 5.74) is 0. The van der Waals surface area contributed by atoms with Crippen molar-refractivity contribution in [3.8, 4) is 0 Å². The Balaban J connectivity index is -0.0000000952. The van der Waals surface area contributed by atoms with Crippen molar-refractivity contribution in [2.24, 2.45) is 0 Å². The third-order valence-corrected chi connectivity index (χ3v) is 2.21. The van der Waals surface area contributed by atoms with Gasteiger partial charge < -0.3 is 33.1 Å². The third-order valence-electron chi connectivity index (χ3n) is 2.21. The van der Waals surface area contributed by atoms with Crippen molar-refractivity contribution in [3.05, 3.63) is 13.8 Å². The number of phosphoric acid groups is 1. The van der Waals surface area contributed by atoms with Crippen molar-refractivity contribution in [3.63, 3.8) is 0 Å². The van der Waals surface area contributed by atoms with Crippen LogP contribution in [0.5, 0.6) is 0 Å². The zero-order valence-corrected chi connectivity index (χ0v) is 17.2. The van der Waals surface area contributed by atoms with Gasteiger partial charge in [-0.3, -0.25) is 0 Å². The van der Waals surface area contributed by atoms with Crippen LogP contribution in [0.4, 0.5) is 0 Å². The molecule has 20 heavy (non-hydrogen) atoms. The van der Waals surface area contributed by atoms with Crippen LogP contribution in [0.3, 0.4) is 0 Å². The first-order valence-electron chi connectivity index (χ1n) is 7.14. The summed E-state index contributed by atoms with van der Waals surface area (Å²) in [5, 5.41) is 0. The van der Waals surface area contributed by atoms with Crippen molar-refractivity contribution >= 4 is 7.82 Å². The molecule has 1 radical (unpaired) electrons. The van der Waals surface area contributed by atoms with E-state index in [2.05, 4.69) is 27.7 Å². The van der Waals surface area contributed by atoms with Gasteiger partial charge in [0.2, 0.25) is 0 Å². The Morgan fingerprint density at radius 2 is 1.00 bits per heavy atom. The van der Waals surface area contributed by atoms with Crippen molar-refractivity contribution in [2.45, 2.75) is 78.1 Å². The van der Waals surface area contributed by atoms with Gasteiger partial charge in [0.05, 0.1) is 0 Å². The fraction of sp³-hybridized carbons (Fsp3) is 0.857. The normalized spacial score (nSPS) is 9.55. The Morgan fingerprint density at radius 1 is 0.750 bits per heavy atom. The predicted molar refractivity (Wildman–Crippen MR) is 75.8 cm³/mol. The molecule has 0 atom stereocenters. The summed E-state index contributed by atoms with van der Waals surface area (Å²) in [6.07, 6.45) is 13.0. The molecule has 121 valence electrons. The van der Waals surface area contributed by atoms with E-state index in [1.54, 1.807) is 0 Å². The van der Waals surface area contributed by atoms with Crippen LogP contribution < -0.4 is 14.7 Å². The molecule has 0 N–H and O–H groups in total. The van der Waals surface area contributed by atoms with E-state index in [1.807, 2.05) is 0 Å². The minimum Gasteiger partial charge on any atom is -0.822 e. The molecule has 0 fully saturated rings. The first-order chi connectivity index (χ1) is 8.83. The molecule has 0 aromatic rings. The van der Waals surface area contributed by atoms with E-state index in [-0.39, 0.29) is 40.8 Å². The van der Waals surface area contributed by atoms with Gasteiger partial charge in [-0.1, -0.05) is 65.2 Å². The molecular weight excluding hydrogens is 407 g/mol. The molecule has 0 spiro atoms. The van der Waals surface area contributed by atoms with Gasteiger partial charge >= 0.3 is 40.8 Å². The van der Waals surface area contributed by atoms with Crippen LogP contribution in [0.15, 0.2) is 0 Å². The molecule has 6 heteroatoms. The van der Waals surface area contributed by atoms with E-state index in [4.69, 9.17) is 19.2 Å². The summed E-state index contributed by atoms with van der Waals surface area (Å²) in [5.74, 6) is 0. The van der Waals surface area contributed by atoms with Crippen LogP contribution in [0.1, 0.15) is 78.1 Å². The Labute approximate surface area is 158 Å². The van der Waals surface area contributed by atoms with Gasteiger partial charge in [0.15, 0.2) is 0 Å². The molecule has 0 heterocycles. The minimum atomic E-state index is -5.39. The summed E-state index contributed by atoms with van der Waals surface area (Å²) >= 11 is 0. The van der Waals surface area contributed by atoms with E-state index in [9.17, 15) is 0 Å². The maximum Gasteiger partial charge on any atom is 3.00 e.